The molecule has 3 aliphatic rings. The monoisotopic (exact) mass is 246 g/mol. The van der Waals surface area contributed by atoms with E-state index in [4.69, 9.17) is 4.74 Å². The highest BCUT2D eigenvalue weighted by Gasteiger charge is 2.46. The molecular formula is C15H18O3. The summed E-state index contributed by atoms with van der Waals surface area (Å²) in [6.07, 6.45) is 2.25. The fourth-order valence-electron chi connectivity index (χ4n) is 3.69. The second kappa shape index (κ2) is 3.81. The van der Waals surface area contributed by atoms with Crippen molar-refractivity contribution >= 4 is 11.8 Å². The molecule has 0 aromatic rings. The molecule has 1 aliphatic heterocycles. The topological polar surface area (TPSA) is 43.4 Å². The number of hydrogen-bond acceptors (Lipinski definition) is 3. The molecule has 0 spiro atoms. The predicted octanol–water partition coefficient (Wildman–Crippen LogP) is 2.42. The van der Waals surface area contributed by atoms with Gasteiger partial charge in [0.15, 0.2) is 5.78 Å². The Morgan fingerprint density at radius 1 is 1.22 bits per heavy atom. The van der Waals surface area contributed by atoms with Gasteiger partial charge in [-0.05, 0) is 37.2 Å². The summed E-state index contributed by atoms with van der Waals surface area (Å²) in [5.74, 6) is 0.861. The van der Waals surface area contributed by atoms with Crippen molar-refractivity contribution < 1.29 is 14.3 Å². The van der Waals surface area contributed by atoms with Gasteiger partial charge in [0.25, 0.3) is 0 Å². The molecule has 0 N–H and O–H groups in total. The predicted molar refractivity (Wildman–Crippen MR) is 66.7 cm³/mol. The molecule has 1 saturated heterocycles. The molecule has 2 aliphatic carbocycles. The van der Waals surface area contributed by atoms with Crippen LogP contribution in [-0.2, 0) is 14.3 Å². The van der Waals surface area contributed by atoms with Gasteiger partial charge in [0, 0.05) is 17.9 Å². The summed E-state index contributed by atoms with van der Waals surface area (Å²) >= 11 is 0. The Balaban J connectivity index is 1.99. The van der Waals surface area contributed by atoms with Crippen molar-refractivity contribution in [3.05, 3.63) is 23.3 Å². The maximum Gasteiger partial charge on any atom is 0.334 e. The molecule has 0 aromatic carbocycles. The number of carbonyl (C=O) groups is 2. The Kier molecular flexibility index (Phi) is 2.47. The number of Topliss-reactive ketones (excluding diaryl/α,β-unsaturated/α-hetero) is 1. The summed E-state index contributed by atoms with van der Waals surface area (Å²) in [7, 11) is 0. The van der Waals surface area contributed by atoms with Gasteiger partial charge >= 0.3 is 5.97 Å². The highest BCUT2D eigenvalue weighted by molar-refractivity contribution is 5.99. The van der Waals surface area contributed by atoms with Gasteiger partial charge in [-0.2, -0.15) is 0 Å². The number of ether oxygens (including phenoxy) is 1. The van der Waals surface area contributed by atoms with Crippen molar-refractivity contribution in [2.75, 3.05) is 0 Å². The minimum Gasteiger partial charge on any atom is -0.458 e. The van der Waals surface area contributed by atoms with Crippen LogP contribution in [0.1, 0.15) is 33.1 Å². The van der Waals surface area contributed by atoms with Crippen LogP contribution in [-0.4, -0.2) is 17.9 Å². The highest BCUT2D eigenvalue weighted by atomic mass is 16.6. The van der Waals surface area contributed by atoms with Crippen LogP contribution >= 0.6 is 0 Å². The minimum absolute atomic E-state index is 0.0268. The Morgan fingerprint density at radius 3 is 2.67 bits per heavy atom. The van der Waals surface area contributed by atoms with E-state index in [1.807, 2.05) is 6.92 Å². The lowest BCUT2D eigenvalue weighted by Gasteiger charge is -2.19. The third kappa shape index (κ3) is 1.49. The van der Waals surface area contributed by atoms with Crippen molar-refractivity contribution in [3.63, 3.8) is 0 Å². The molecule has 1 saturated carbocycles. The SMILES string of the molecule is C=C1C(=O)OC2C[C@H](C)C3CC(=O)C(C)=C3CC12. The van der Waals surface area contributed by atoms with Crippen LogP contribution in [0.4, 0.5) is 0 Å². The summed E-state index contributed by atoms with van der Waals surface area (Å²) in [6, 6.07) is 0. The molecule has 2 fully saturated rings. The smallest absolute Gasteiger partial charge is 0.334 e. The quantitative estimate of drug-likeness (QED) is 0.487. The van der Waals surface area contributed by atoms with Crippen molar-refractivity contribution in [1.29, 1.82) is 0 Å². The number of hydrogen-bond donors (Lipinski definition) is 0. The molecule has 18 heavy (non-hydrogen) atoms. The Morgan fingerprint density at radius 2 is 1.94 bits per heavy atom. The molecule has 3 heteroatoms. The van der Waals surface area contributed by atoms with Crippen LogP contribution < -0.4 is 0 Å². The van der Waals surface area contributed by atoms with Gasteiger partial charge in [-0.1, -0.05) is 19.1 Å². The average Bonchev–Trinajstić information content (AvgIpc) is 2.68. The van der Waals surface area contributed by atoms with Gasteiger partial charge in [0.05, 0.1) is 0 Å². The van der Waals surface area contributed by atoms with Gasteiger partial charge in [-0.15, -0.1) is 0 Å². The molecular weight excluding hydrogens is 228 g/mol. The maximum absolute atomic E-state index is 11.9. The Hall–Kier alpha value is -1.38. The van der Waals surface area contributed by atoms with E-state index in [9.17, 15) is 9.59 Å². The Bertz CT molecular complexity index is 486. The molecule has 4 atom stereocenters. The van der Waals surface area contributed by atoms with E-state index in [1.54, 1.807) is 0 Å². The van der Waals surface area contributed by atoms with Gasteiger partial charge in [-0.25, -0.2) is 4.79 Å². The van der Waals surface area contributed by atoms with Crippen LogP contribution in [0.5, 0.6) is 0 Å². The first-order valence-corrected chi connectivity index (χ1v) is 6.61. The van der Waals surface area contributed by atoms with E-state index >= 15 is 0 Å². The first kappa shape index (κ1) is 11.7. The molecule has 3 rings (SSSR count). The van der Waals surface area contributed by atoms with Gasteiger partial charge in [0.2, 0.25) is 0 Å². The van der Waals surface area contributed by atoms with E-state index in [0.29, 0.717) is 23.8 Å². The van der Waals surface area contributed by atoms with E-state index in [0.717, 1.165) is 18.4 Å². The second-order valence-electron chi connectivity index (χ2n) is 5.88. The van der Waals surface area contributed by atoms with E-state index in [1.165, 1.54) is 5.57 Å². The average molecular weight is 246 g/mol. The van der Waals surface area contributed by atoms with Gasteiger partial charge in [0.1, 0.15) is 6.10 Å². The molecule has 0 aromatic heterocycles. The summed E-state index contributed by atoms with van der Waals surface area (Å²) in [5, 5.41) is 0. The first-order chi connectivity index (χ1) is 8.49. The lowest BCUT2D eigenvalue weighted by Crippen LogP contribution is -2.18. The normalized spacial score (nSPS) is 39.6. The summed E-state index contributed by atoms with van der Waals surface area (Å²) in [4.78, 5) is 23.5. The fourth-order valence-corrected chi connectivity index (χ4v) is 3.69. The van der Waals surface area contributed by atoms with E-state index in [-0.39, 0.29) is 23.8 Å². The second-order valence-corrected chi connectivity index (χ2v) is 5.88. The molecule has 96 valence electrons. The van der Waals surface area contributed by atoms with E-state index < -0.39 is 0 Å². The fraction of sp³-hybridized carbons (Fsp3) is 0.600. The number of allylic oxidation sites excluding steroid dienone is 2. The van der Waals surface area contributed by atoms with Crippen molar-refractivity contribution in [1.82, 2.24) is 0 Å². The molecule has 0 amide bonds. The van der Waals surface area contributed by atoms with Crippen LogP contribution in [0.3, 0.4) is 0 Å². The van der Waals surface area contributed by atoms with Crippen molar-refractivity contribution in [2.24, 2.45) is 17.8 Å². The first-order valence-electron chi connectivity index (χ1n) is 6.61. The van der Waals surface area contributed by atoms with Gasteiger partial charge in [-0.3, -0.25) is 4.79 Å². The summed E-state index contributed by atoms with van der Waals surface area (Å²) in [5.41, 5.74) is 2.76. The van der Waals surface area contributed by atoms with Crippen LogP contribution in [0.2, 0.25) is 0 Å². The molecule has 1 heterocycles. The molecule has 3 nitrogen and oxygen atoms in total. The van der Waals surface area contributed by atoms with Crippen LogP contribution in [0.25, 0.3) is 0 Å². The maximum atomic E-state index is 11.9. The number of carbonyl (C=O) groups excluding carboxylic acids is 2. The van der Waals surface area contributed by atoms with Gasteiger partial charge < -0.3 is 4.74 Å². The molecule has 0 radical (unpaired) electrons. The lowest BCUT2D eigenvalue weighted by molar-refractivity contribution is -0.139. The number of rotatable bonds is 0. The number of ketones is 1. The third-order valence-corrected chi connectivity index (χ3v) is 4.90. The van der Waals surface area contributed by atoms with Crippen LogP contribution in [0, 0.1) is 17.8 Å². The summed E-state index contributed by atoms with van der Waals surface area (Å²) < 4.78 is 5.41. The van der Waals surface area contributed by atoms with Crippen LogP contribution in [0.15, 0.2) is 23.3 Å². The van der Waals surface area contributed by atoms with Crippen molar-refractivity contribution in [2.45, 2.75) is 39.2 Å². The minimum atomic E-state index is -0.252. The number of fused-ring (bicyclic) bond motifs is 2. The summed E-state index contributed by atoms with van der Waals surface area (Å²) in [6.45, 7) is 7.94. The largest absolute Gasteiger partial charge is 0.458 e. The zero-order valence-corrected chi connectivity index (χ0v) is 10.9. The standard InChI is InChI=1S/C15H18O3/c1-7-4-14-12(9(3)15(17)18-14)5-11-8(2)13(16)6-10(7)11/h7,10,12,14H,3-6H2,1-2H3/t7-,10?,12?,14?/m0/s1. The number of esters is 1. The zero-order chi connectivity index (χ0) is 13.0. The van der Waals surface area contributed by atoms with Crippen molar-refractivity contribution in [3.8, 4) is 0 Å². The Labute approximate surface area is 107 Å². The lowest BCUT2D eigenvalue weighted by atomic mass is 9.86. The molecule has 0 bridgehead atoms. The zero-order valence-electron chi connectivity index (χ0n) is 10.9. The molecule has 3 unspecified atom stereocenters. The van der Waals surface area contributed by atoms with E-state index in [2.05, 4.69) is 13.5 Å². The third-order valence-electron chi connectivity index (χ3n) is 4.90. The highest BCUT2D eigenvalue weighted by Crippen LogP contribution is 2.48.